The Labute approximate surface area is 138 Å². The van der Waals surface area contributed by atoms with Gasteiger partial charge in [-0.2, -0.15) is 0 Å². The summed E-state index contributed by atoms with van der Waals surface area (Å²) in [5.74, 6) is -1.28. The molecule has 3 rings (SSSR count). The second-order valence-electron chi connectivity index (χ2n) is 5.59. The molecule has 2 N–H and O–H groups in total. The molecule has 2 heterocycles. The summed E-state index contributed by atoms with van der Waals surface area (Å²) in [5.41, 5.74) is 0.657. The number of nitrogens with zero attached hydrogens (tertiary/aromatic N) is 1. The summed E-state index contributed by atoms with van der Waals surface area (Å²) < 4.78 is 11.0. The Balaban J connectivity index is 1.65. The number of ether oxygens (including phenoxy) is 2. The highest BCUT2D eigenvalue weighted by atomic mass is 16.6. The van der Waals surface area contributed by atoms with E-state index in [2.05, 4.69) is 5.32 Å². The topological polar surface area (TPSA) is 105 Å². The first kappa shape index (κ1) is 16.1. The maximum Gasteiger partial charge on any atom is 0.305 e. The van der Waals surface area contributed by atoms with Crippen molar-refractivity contribution in [1.82, 2.24) is 5.32 Å². The Morgan fingerprint density at radius 2 is 2.00 bits per heavy atom. The molecule has 0 bridgehead atoms. The van der Waals surface area contributed by atoms with Gasteiger partial charge in [0.2, 0.25) is 11.8 Å². The minimum Gasteiger partial charge on any atom is -0.486 e. The van der Waals surface area contributed by atoms with Crippen molar-refractivity contribution < 1.29 is 29.0 Å². The summed E-state index contributed by atoms with van der Waals surface area (Å²) in [7, 11) is 0. The molecule has 2 aliphatic heterocycles. The van der Waals surface area contributed by atoms with E-state index in [1.165, 1.54) is 0 Å². The Bertz CT molecular complexity index is 675. The third-order valence-electron chi connectivity index (χ3n) is 4.00. The largest absolute Gasteiger partial charge is 0.486 e. The lowest BCUT2D eigenvalue weighted by atomic mass is 10.1. The number of anilines is 1. The van der Waals surface area contributed by atoms with E-state index in [-0.39, 0.29) is 18.9 Å². The van der Waals surface area contributed by atoms with Crippen molar-refractivity contribution in [2.75, 3.05) is 31.2 Å². The number of carboxylic acid groups (broad SMARTS) is 1. The van der Waals surface area contributed by atoms with E-state index in [1.807, 2.05) is 0 Å². The second-order valence-corrected chi connectivity index (χ2v) is 5.59. The zero-order chi connectivity index (χ0) is 17.1. The lowest BCUT2D eigenvalue weighted by molar-refractivity contribution is -0.137. The molecule has 8 heteroatoms. The molecule has 0 radical (unpaired) electrons. The monoisotopic (exact) mass is 334 g/mol. The Kier molecular flexibility index (Phi) is 4.54. The number of carbonyl (C=O) groups is 3. The van der Waals surface area contributed by atoms with Crippen LogP contribution in [0.3, 0.4) is 0 Å². The van der Waals surface area contributed by atoms with Gasteiger partial charge in [0.25, 0.3) is 0 Å². The summed E-state index contributed by atoms with van der Waals surface area (Å²) in [6.07, 6.45) is 0.227. The second kappa shape index (κ2) is 6.77. The van der Waals surface area contributed by atoms with Gasteiger partial charge in [0.15, 0.2) is 11.5 Å². The zero-order valence-corrected chi connectivity index (χ0v) is 13.0. The van der Waals surface area contributed by atoms with E-state index in [0.29, 0.717) is 43.4 Å². The molecule has 1 aromatic rings. The molecule has 8 nitrogen and oxygen atoms in total. The standard InChI is InChI=1S/C16H18N2O6/c19-14(20)3-5-17-15(21)11-4-6-18(16(11)22)10-1-2-12-13(9-10)24-8-7-23-12/h1-2,9,11H,3-8H2,(H,17,21)(H,19,20). The van der Waals surface area contributed by atoms with Crippen LogP contribution in [0.15, 0.2) is 18.2 Å². The number of nitrogens with one attached hydrogen (secondary N) is 1. The summed E-state index contributed by atoms with van der Waals surface area (Å²) in [6.45, 7) is 1.39. The van der Waals surface area contributed by atoms with E-state index in [9.17, 15) is 14.4 Å². The fourth-order valence-electron chi connectivity index (χ4n) is 2.80. The van der Waals surface area contributed by atoms with Gasteiger partial charge in [-0.05, 0) is 18.6 Å². The number of fused-ring (bicyclic) bond motifs is 1. The molecule has 2 aliphatic rings. The van der Waals surface area contributed by atoms with Gasteiger partial charge in [-0.1, -0.05) is 0 Å². The van der Waals surface area contributed by atoms with E-state index in [0.717, 1.165) is 0 Å². The average molecular weight is 334 g/mol. The summed E-state index contributed by atoms with van der Waals surface area (Å²) in [6, 6.07) is 5.24. The highest BCUT2D eigenvalue weighted by Gasteiger charge is 2.37. The number of amides is 2. The minimum atomic E-state index is -0.994. The number of hydrogen-bond acceptors (Lipinski definition) is 5. The SMILES string of the molecule is O=C(O)CCNC(=O)C1CCN(c2ccc3c(c2)OCCO3)C1=O. The van der Waals surface area contributed by atoms with Gasteiger partial charge in [0.1, 0.15) is 19.1 Å². The molecule has 24 heavy (non-hydrogen) atoms. The molecule has 0 spiro atoms. The van der Waals surface area contributed by atoms with Crippen molar-refractivity contribution in [2.45, 2.75) is 12.8 Å². The molecule has 1 fully saturated rings. The summed E-state index contributed by atoms with van der Waals surface area (Å²) in [5, 5.41) is 11.1. The van der Waals surface area contributed by atoms with Crippen molar-refractivity contribution in [3.8, 4) is 11.5 Å². The van der Waals surface area contributed by atoms with E-state index in [1.54, 1.807) is 23.1 Å². The third kappa shape index (κ3) is 3.27. The maximum absolute atomic E-state index is 12.5. The predicted octanol–water partition coefficient (Wildman–Crippen LogP) is 0.402. The fourth-order valence-corrected chi connectivity index (χ4v) is 2.80. The van der Waals surface area contributed by atoms with Crippen LogP contribution in [0.4, 0.5) is 5.69 Å². The first-order chi connectivity index (χ1) is 11.6. The number of rotatable bonds is 5. The Morgan fingerprint density at radius 3 is 2.75 bits per heavy atom. The minimum absolute atomic E-state index is 0.0158. The molecule has 128 valence electrons. The van der Waals surface area contributed by atoms with Crippen LogP contribution in [0.5, 0.6) is 11.5 Å². The number of benzene rings is 1. The van der Waals surface area contributed by atoms with Crippen LogP contribution in [-0.2, 0) is 14.4 Å². The fraction of sp³-hybridized carbons (Fsp3) is 0.438. The van der Waals surface area contributed by atoms with Gasteiger partial charge in [-0.25, -0.2) is 0 Å². The smallest absolute Gasteiger partial charge is 0.305 e. The van der Waals surface area contributed by atoms with Gasteiger partial charge in [-0.15, -0.1) is 0 Å². The normalized spacial score (nSPS) is 19.2. The lowest BCUT2D eigenvalue weighted by Crippen LogP contribution is -2.37. The Morgan fingerprint density at radius 1 is 1.25 bits per heavy atom. The molecule has 1 saturated heterocycles. The third-order valence-corrected chi connectivity index (χ3v) is 4.00. The van der Waals surface area contributed by atoms with Crippen LogP contribution in [-0.4, -0.2) is 49.2 Å². The number of hydrogen-bond donors (Lipinski definition) is 2. The number of aliphatic carboxylic acids is 1. The van der Waals surface area contributed by atoms with E-state index in [4.69, 9.17) is 14.6 Å². The molecule has 0 aliphatic carbocycles. The van der Waals surface area contributed by atoms with Crippen molar-refractivity contribution in [2.24, 2.45) is 5.92 Å². The Hall–Kier alpha value is -2.77. The highest BCUT2D eigenvalue weighted by molar-refractivity contribution is 6.09. The first-order valence-electron chi connectivity index (χ1n) is 7.77. The lowest BCUT2D eigenvalue weighted by Gasteiger charge is -2.22. The first-order valence-corrected chi connectivity index (χ1v) is 7.77. The van der Waals surface area contributed by atoms with Gasteiger partial charge >= 0.3 is 5.97 Å². The number of carbonyl (C=O) groups excluding carboxylic acids is 2. The molecule has 1 atom stereocenters. The maximum atomic E-state index is 12.5. The summed E-state index contributed by atoms with van der Waals surface area (Å²) >= 11 is 0. The predicted molar refractivity (Wildman–Crippen MR) is 83.2 cm³/mol. The molecule has 0 saturated carbocycles. The number of carboxylic acids is 1. The molecule has 1 aromatic carbocycles. The highest BCUT2D eigenvalue weighted by Crippen LogP contribution is 2.35. The van der Waals surface area contributed by atoms with Crippen molar-refractivity contribution in [3.63, 3.8) is 0 Å². The van der Waals surface area contributed by atoms with Crippen LogP contribution in [0.2, 0.25) is 0 Å². The van der Waals surface area contributed by atoms with Gasteiger partial charge in [0, 0.05) is 24.8 Å². The molecular formula is C16H18N2O6. The molecule has 2 amide bonds. The van der Waals surface area contributed by atoms with E-state index >= 15 is 0 Å². The van der Waals surface area contributed by atoms with Crippen molar-refractivity contribution in [1.29, 1.82) is 0 Å². The van der Waals surface area contributed by atoms with Gasteiger partial charge in [-0.3, -0.25) is 14.4 Å². The van der Waals surface area contributed by atoms with Crippen LogP contribution in [0.1, 0.15) is 12.8 Å². The van der Waals surface area contributed by atoms with Crippen LogP contribution in [0, 0.1) is 5.92 Å². The van der Waals surface area contributed by atoms with Gasteiger partial charge in [0.05, 0.1) is 6.42 Å². The zero-order valence-electron chi connectivity index (χ0n) is 13.0. The van der Waals surface area contributed by atoms with Crippen LogP contribution >= 0.6 is 0 Å². The average Bonchev–Trinajstić information content (AvgIpc) is 2.95. The van der Waals surface area contributed by atoms with Crippen LogP contribution in [0.25, 0.3) is 0 Å². The van der Waals surface area contributed by atoms with E-state index < -0.39 is 17.8 Å². The quantitative estimate of drug-likeness (QED) is 0.755. The van der Waals surface area contributed by atoms with Crippen LogP contribution < -0.4 is 19.7 Å². The van der Waals surface area contributed by atoms with Crippen molar-refractivity contribution in [3.05, 3.63) is 18.2 Å². The summed E-state index contributed by atoms with van der Waals surface area (Å²) in [4.78, 5) is 36.6. The molecule has 1 unspecified atom stereocenters. The molecular weight excluding hydrogens is 316 g/mol. The van der Waals surface area contributed by atoms with Crippen molar-refractivity contribution >= 4 is 23.5 Å². The molecule has 0 aromatic heterocycles. The van der Waals surface area contributed by atoms with Gasteiger partial charge < -0.3 is 24.8 Å².